The van der Waals surface area contributed by atoms with Crippen LogP contribution in [0, 0.1) is 12.7 Å². The first-order valence-electron chi connectivity index (χ1n) is 7.37. The zero-order chi connectivity index (χ0) is 16.6. The fourth-order valence-electron chi connectivity index (χ4n) is 2.48. The molecule has 1 N–H and O–H groups in total. The molecule has 0 bridgehead atoms. The van der Waals surface area contributed by atoms with E-state index >= 15 is 0 Å². The number of hydrogen-bond donors (Lipinski definition) is 1. The Morgan fingerprint density at radius 2 is 1.87 bits per heavy atom. The Hall–Kier alpha value is -1.92. The molecule has 0 unspecified atom stereocenters. The largest absolute Gasteiger partial charge is 0.496 e. The number of rotatable bonds is 5. The molecule has 0 atom stereocenters. The topological polar surface area (TPSA) is 55.4 Å². The van der Waals surface area contributed by atoms with E-state index in [-0.39, 0.29) is 16.8 Å². The molecule has 6 heteroatoms. The minimum Gasteiger partial charge on any atom is -0.496 e. The summed E-state index contributed by atoms with van der Waals surface area (Å²) in [7, 11) is -1.98. The third-order valence-corrected chi connectivity index (χ3v) is 5.38. The van der Waals surface area contributed by atoms with Crippen LogP contribution in [0.5, 0.6) is 5.75 Å². The van der Waals surface area contributed by atoms with Crippen LogP contribution < -0.4 is 9.46 Å². The molecular formula is C17H18FNO3S. The second-order valence-corrected chi connectivity index (χ2v) is 7.43. The van der Waals surface area contributed by atoms with Gasteiger partial charge in [0.15, 0.2) is 0 Å². The van der Waals surface area contributed by atoms with E-state index in [0.29, 0.717) is 11.3 Å². The lowest BCUT2D eigenvalue weighted by atomic mass is 9.99. The molecule has 0 radical (unpaired) electrons. The standard InChI is InChI=1S/C17H18FNO3S/c1-11-9-14(23(20,21)19-13-4-5-13)6-7-15(11)16-10-12(18)3-8-17(16)22-2/h3,6-10,13,19H,4-5H2,1-2H3. The lowest BCUT2D eigenvalue weighted by Crippen LogP contribution is -2.25. The number of benzene rings is 2. The van der Waals surface area contributed by atoms with Gasteiger partial charge in [0.25, 0.3) is 0 Å². The maximum Gasteiger partial charge on any atom is 0.240 e. The minimum absolute atomic E-state index is 0.0586. The van der Waals surface area contributed by atoms with Crippen LogP contribution in [0.1, 0.15) is 18.4 Å². The number of nitrogens with one attached hydrogen (secondary N) is 1. The molecule has 4 nitrogen and oxygen atoms in total. The van der Waals surface area contributed by atoms with Gasteiger partial charge in [0.05, 0.1) is 12.0 Å². The van der Waals surface area contributed by atoms with Crippen molar-refractivity contribution in [1.82, 2.24) is 4.72 Å². The molecule has 122 valence electrons. The SMILES string of the molecule is COc1ccc(F)cc1-c1ccc(S(=O)(=O)NC2CC2)cc1C. The number of halogens is 1. The van der Waals surface area contributed by atoms with Gasteiger partial charge in [-0.25, -0.2) is 17.5 Å². The number of ether oxygens (including phenoxy) is 1. The summed E-state index contributed by atoms with van der Waals surface area (Å²) in [5.41, 5.74) is 2.09. The Morgan fingerprint density at radius 1 is 1.13 bits per heavy atom. The maximum absolute atomic E-state index is 13.6. The molecule has 23 heavy (non-hydrogen) atoms. The summed E-state index contributed by atoms with van der Waals surface area (Å²) >= 11 is 0. The summed E-state index contributed by atoms with van der Waals surface area (Å²) in [5, 5.41) is 0. The van der Waals surface area contributed by atoms with Gasteiger partial charge in [-0.3, -0.25) is 0 Å². The number of aryl methyl sites for hydroxylation is 1. The lowest BCUT2D eigenvalue weighted by molar-refractivity contribution is 0.415. The summed E-state index contributed by atoms with van der Waals surface area (Å²) in [6.45, 7) is 1.80. The highest BCUT2D eigenvalue weighted by molar-refractivity contribution is 7.89. The first kappa shape index (κ1) is 16.0. The summed E-state index contributed by atoms with van der Waals surface area (Å²) in [6.07, 6.45) is 1.77. The highest BCUT2D eigenvalue weighted by Gasteiger charge is 2.28. The minimum atomic E-state index is -3.50. The van der Waals surface area contributed by atoms with E-state index in [1.165, 1.54) is 25.3 Å². The van der Waals surface area contributed by atoms with Crippen molar-refractivity contribution in [1.29, 1.82) is 0 Å². The van der Waals surface area contributed by atoms with Gasteiger partial charge in [-0.15, -0.1) is 0 Å². The van der Waals surface area contributed by atoms with Crippen LogP contribution in [-0.4, -0.2) is 21.6 Å². The molecule has 1 fully saturated rings. The molecule has 0 spiro atoms. The Morgan fingerprint density at radius 3 is 2.48 bits per heavy atom. The molecule has 0 aliphatic heterocycles. The normalized spacial score (nSPS) is 14.7. The summed E-state index contributed by atoms with van der Waals surface area (Å²) in [4.78, 5) is 0.223. The Kier molecular flexibility index (Phi) is 4.12. The molecular weight excluding hydrogens is 317 g/mol. The van der Waals surface area contributed by atoms with Crippen LogP contribution in [0.3, 0.4) is 0 Å². The van der Waals surface area contributed by atoms with Crippen LogP contribution in [-0.2, 0) is 10.0 Å². The zero-order valence-electron chi connectivity index (χ0n) is 13.0. The van der Waals surface area contributed by atoms with E-state index in [4.69, 9.17) is 4.74 Å². The Labute approximate surface area is 135 Å². The summed E-state index contributed by atoms with van der Waals surface area (Å²) in [5.74, 6) is 0.175. The quantitative estimate of drug-likeness (QED) is 0.912. The Balaban J connectivity index is 2.01. The fourth-order valence-corrected chi connectivity index (χ4v) is 3.87. The van der Waals surface area contributed by atoms with E-state index in [1.54, 1.807) is 25.1 Å². The van der Waals surface area contributed by atoms with Gasteiger partial charge >= 0.3 is 0 Å². The van der Waals surface area contributed by atoms with E-state index in [9.17, 15) is 12.8 Å². The van der Waals surface area contributed by atoms with E-state index in [1.807, 2.05) is 0 Å². The zero-order valence-corrected chi connectivity index (χ0v) is 13.8. The average Bonchev–Trinajstić information content (AvgIpc) is 3.30. The Bertz CT molecular complexity index is 845. The predicted molar refractivity (Wildman–Crippen MR) is 86.5 cm³/mol. The molecule has 1 saturated carbocycles. The van der Waals surface area contributed by atoms with Gasteiger partial charge in [0.1, 0.15) is 11.6 Å². The smallest absolute Gasteiger partial charge is 0.240 e. The molecule has 0 aromatic heterocycles. The van der Waals surface area contributed by atoms with Crippen molar-refractivity contribution in [3.05, 3.63) is 47.8 Å². The van der Waals surface area contributed by atoms with Crippen molar-refractivity contribution in [2.24, 2.45) is 0 Å². The third kappa shape index (κ3) is 3.38. The van der Waals surface area contributed by atoms with Crippen molar-refractivity contribution in [2.45, 2.75) is 30.7 Å². The van der Waals surface area contributed by atoms with Crippen LogP contribution in [0.15, 0.2) is 41.3 Å². The monoisotopic (exact) mass is 335 g/mol. The summed E-state index contributed by atoms with van der Waals surface area (Å²) in [6, 6.07) is 9.16. The first-order chi connectivity index (χ1) is 10.9. The predicted octanol–water partition coefficient (Wildman–Crippen LogP) is 3.25. The maximum atomic E-state index is 13.6. The van der Waals surface area contributed by atoms with Crippen LogP contribution in [0.2, 0.25) is 0 Å². The van der Waals surface area contributed by atoms with E-state index in [0.717, 1.165) is 24.0 Å². The van der Waals surface area contributed by atoms with Crippen molar-refractivity contribution in [2.75, 3.05) is 7.11 Å². The second kappa shape index (κ2) is 5.94. The molecule has 0 saturated heterocycles. The van der Waals surface area contributed by atoms with Crippen molar-refractivity contribution < 1.29 is 17.5 Å². The van der Waals surface area contributed by atoms with Gasteiger partial charge in [-0.05, 0) is 61.2 Å². The highest BCUT2D eigenvalue weighted by Crippen LogP contribution is 2.34. The van der Waals surface area contributed by atoms with Crippen molar-refractivity contribution in [3.8, 4) is 16.9 Å². The van der Waals surface area contributed by atoms with Gasteiger partial charge in [0.2, 0.25) is 10.0 Å². The molecule has 3 rings (SSSR count). The fraction of sp³-hybridized carbons (Fsp3) is 0.294. The molecule has 2 aromatic carbocycles. The number of hydrogen-bond acceptors (Lipinski definition) is 3. The van der Waals surface area contributed by atoms with Gasteiger partial charge in [-0.1, -0.05) is 6.07 Å². The number of methoxy groups -OCH3 is 1. The van der Waals surface area contributed by atoms with Crippen molar-refractivity contribution >= 4 is 10.0 Å². The van der Waals surface area contributed by atoms with E-state index < -0.39 is 10.0 Å². The molecule has 0 heterocycles. The van der Waals surface area contributed by atoms with Crippen LogP contribution in [0.4, 0.5) is 4.39 Å². The van der Waals surface area contributed by atoms with E-state index in [2.05, 4.69) is 4.72 Å². The van der Waals surface area contributed by atoms with Gasteiger partial charge in [0, 0.05) is 11.6 Å². The van der Waals surface area contributed by atoms with Gasteiger partial charge < -0.3 is 4.74 Å². The second-order valence-electron chi connectivity index (χ2n) is 5.72. The molecule has 1 aliphatic rings. The van der Waals surface area contributed by atoms with Crippen LogP contribution >= 0.6 is 0 Å². The molecule has 1 aliphatic carbocycles. The molecule has 0 amide bonds. The summed E-state index contributed by atoms with van der Waals surface area (Å²) < 4.78 is 46.0. The lowest BCUT2D eigenvalue weighted by Gasteiger charge is -2.13. The average molecular weight is 335 g/mol. The molecule has 2 aromatic rings. The van der Waals surface area contributed by atoms with Crippen LogP contribution in [0.25, 0.3) is 11.1 Å². The third-order valence-electron chi connectivity index (χ3n) is 3.86. The number of sulfonamides is 1. The first-order valence-corrected chi connectivity index (χ1v) is 8.86. The highest BCUT2D eigenvalue weighted by atomic mass is 32.2. The van der Waals surface area contributed by atoms with Gasteiger partial charge in [-0.2, -0.15) is 0 Å². The van der Waals surface area contributed by atoms with Crippen molar-refractivity contribution in [3.63, 3.8) is 0 Å².